The van der Waals surface area contributed by atoms with Crippen LogP contribution in [0.2, 0.25) is 0 Å². The molecule has 10 aromatic rings. The molecular formula is C64H56N4. The summed E-state index contributed by atoms with van der Waals surface area (Å²) in [5, 5.41) is 2.33. The molecule has 0 aliphatic rings. The summed E-state index contributed by atoms with van der Waals surface area (Å²) in [6.07, 6.45) is 0. The highest BCUT2D eigenvalue weighted by molar-refractivity contribution is 5.94. The van der Waals surface area contributed by atoms with Crippen molar-refractivity contribution in [1.29, 1.82) is 0 Å². The first-order chi connectivity index (χ1) is 33.1. The lowest BCUT2D eigenvalue weighted by Crippen LogP contribution is -2.12. The van der Waals surface area contributed by atoms with Gasteiger partial charge in [0, 0.05) is 68.2 Å². The van der Waals surface area contributed by atoms with E-state index in [1.54, 1.807) is 0 Å². The molecule has 68 heavy (non-hydrogen) atoms. The van der Waals surface area contributed by atoms with Gasteiger partial charge in [0.25, 0.3) is 0 Å². The van der Waals surface area contributed by atoms with Gasteiger partial charge >= 0.3 is 0 Å². The molecule has 0 atom stereocenters. The molecule has 0 amide bonds. The van der Waals surface area contributed by atoms with Gasteiger partial charge in [-0.25, -0.2) is 0 Å². The van der Waals surface area contributed by atoms with Gasteiger partial charge in [0.15, 0.2) is 0 Å². The normalized spacial score (nSPS) is 11.1. The Morgan fingerprint density at radius 1 is 0.162 bits per heavy atom. The summed E-state index contributed by atoms with van der Waals surface area (Å²) >= 11 is 0. The van der Waals surface area contributed by atoms with Crippen molar-refractivity contribution in [3.8, 4) is 0 Å². The number of benzene rings is 10. The third kappa shape index (κ3) is 9.22. The van der Waals surface area contributed by atoms with Gasteiger partial charge in [-0.15, -0.1) is 0 Å². The fourth-order valence-electron chi connectivity index (χ4n) is 8.95. The van der Waals surface area contributed by atoms with Gasteiger partial charge in [-0.3, -0.25) is 0 Å². The van der Waals surface area contributed by atoms with Crippen LogP contribution >= 0.6 is 0 Å². The van der Waals surface area contributed by atoms with E-state index in [9.17, 15) is 0 Å². The minimum atomic E-state index is 1.08. The summed E-state index contributed by atoms with van der Waals surface area (Å²) in [4.78, 5) is 9.36. The van der Waals surface area contributed by atoms with Crippen molar-refractivity contribution in [3.63, 3.8) is 0 Å². The minimum absolute atomic E-state index is 1.08. The number of anilines is 12. The van der Waals surface area contributed by atoms with Crippen LogP contribution in [0.25, 0.3) is 10.8 Å². The Balaban J connectivity index is 1.01. The minimum Gasteiger partial charge on any atom is -0.311 e. The first-order valence-corrected chi connectivity index (χ1v) is 23.5. The Hall–Kier alpha value is -8.34. The average molecular weight is 881 g/mol. The molecule has 0 saturated carbocycles. The average Bonchev–Trinajstić information content (AvgIpc) is 3.36. The van der Waals surface area contributed by atoms with E-state index in [4.69, 9.17) is 0 Å². The molecule has 0 unspecified atom stereocenters. The highest BCUT2D eigenvalue weighted by atomic mass is 15.2. The van der Waals surface area contributed by atoms with Gasteiger partial charge in [-0.05, 0) is 198 Å². The summed E-state index contributed by atoms with van der Waals surface area (Å²) in [6.45, 7) is 12.8. The quantitative estimate of drug-likeness (QED) is 0.121. The van der Waals surface area contributed by atoms with Gasteiger partial charge in [0.1, 0.15) is 0 Å². The molecule has 0 aromatic heterocycles. The summed E-state index contributed by atoms with van der Waals surface area (Å²) in [5.74, 6) is 0. The van der Waals surface area contributed by atoms with E-state index in [-0.39, 0.29) is 0 Å². The molecule has 4 nitrogen and oxygen atoms in total. The molecule has 0 spiro atoms. The molecule has 332 valence electrons. The zero-order valence-corrected chi connectivity index (χ0v) is 39.7. The monoisotopic (exact) mass is 880 g/mol. The first kappa shape index (κ1) is 43.5. The summed E-state index contributed by atoms with van der Waals surface area (Å²) in [6, 6.07) is 84.2. The lowest BCUT2D eigenvalue weighted by molar-refractivity contribution is 1.25. The van der Waals surface area contributed by atoms with Gasteiger partial charge in [-0.2, -0.15) is 0 Å². The number of fused-ring (bicyclic) bond motifs is 1. The van der Waals surface area contributed by atoms with E-state index in [2.05, 4.69) is 292 Å². The van der Waals surface area contributed by atoms with Crippen molar-refractivity contribution in [2.24, 2.45) is 0 Å². The van der Waals surface area contributed by atoms with Crippen LogP contribution in [0.1, 0.15) is 33.4 Å². The zero-order valence-electron chi connectivity index (χ0n) is 39.7. The SMILES string of the molecule is Cc1ccc(N(c2ccc(C)cc2)c2ccc(N(c3ccc(C)cc3)c3ccc4cc(N(c5ccc(C)cc5)c5ccc(N(c6ccc(C)cc6)c6ccc(C)cc6)cc5)ccc4c3)cc2)cc1. The molecule has 0 radical (unpaired) electrons. The number of nitrogens with zero attached hydrogens (tertiary/aromatic N) is 4. The highest BCUT2D eigenvalue weighted by Crippen LogP contribution is 2.43. The smallest absolute Gasteiger partial charge is 0.0468 e. The predicted octanol–water partition coefficient (Wildman–Crippen LogP) is 18.6. The maximum absolute atomic E-state index is 2.36. The maximum atomic E-state index is 2.36. The van der Waals surface area contributed by atoms with E-state index in [0.717, 1.165) is 79.0 Å². The Kier molecular flexibility index (Phi) is 12.1. The van der Waals surface area contributed by atoms with Crippen LogP contribution in [0.4, 0.5) is 68.2 Å². The Labute approximate surface area is 402 Å². The molecule has 10 aromatic carbocycles. The molecule has 0 heterocycles. The van der Waals surface area contributed by atoms with Crippen LogP contribution in [0.5, 0.6) is 0 Å². The van der Waals surface area contributed by atoms with E-state index >= 15 is 0 Å². The lowest BCUT2D eigenvalue weighted by atomic mass is 10.1. The Bertz CT molecular complexity index is 2970. The number of aryl methyl sites for hydroxylation is 6. The fourth-order valence-corrected chi connectivity index (χ4v) is 8.95. The van der Waals surface area contributed by atoms with Crippen molar-refractivity contribution < 1.29 is 0 Å². The van der Waals surface area contributed by atoms with Crippen LogP contribution in [0.3, 0.4) is 0 Å². The third-order valence-electron chi connectivity index (χ3n) is 12.8. The molecule has 0 fully saturated rings. The summed E-state index contributed by atoms with van der Waals surface area (Å²) in [5.41, 5.74) is 20.6. The molecule has 0 saturated heterocycles. The van der Waals surface area contributed by atoms with Crippen LogP contribution in [0.15, 0.2) is 231 Å². The lowest BCUT2D eigenvalue weighted by Gasteiger charge is -2.29. The van der Waals surface area contributed by atoms with Crippen LogP contribution in [-0.4, -0.2) is 0 Å². The molecular weight excluding hydrogens is 825 g/mol. The molecule has 10 rings (SSSR count). The zero-order chi connectivity index (χ0) is 46.7. The standard InChI is InChI=1S/C64H56N4/c1-45-7-21-53(22-8-45)65(54-23-9-46(2)10-24-54)59-35-39-61(40-36-59)67(57-29-15-49(5)16-30-57)63-33-19-52-44-64(34-20-51(52)43-63)68(58-31-17-50(6)18-32-58)62-41-37-60(38-42-62)66(55-25-11-47(3)12-26-55)56-27-13-48(4)14-28-56/h7-44H,1-6H3. The van der Waals surface area contributed by atoms with Gasteiger partial charge in [0.2, 0.25) is 0 Å². The first-order valence-electron chi connectivity index (χ1n) is 23.5. The van der Waals surface area contributed by atoms with E-state index in [1.165, 1.54) is 33.4 Å². The van der Waals surface area contributed by atoms with Crippen LogP contribution in [-0.2, 0) is 0 Å². The van der Waals surface area contributed by atoms with Gasteiger partial charge in [0.05, 0.1) is 0 Å². The van der Waals surface area contributed by atoms with E-state index in [0.29, 0.717) is 0 Å². The molecule has 4 heteroatoms. The Morgan fingerprint density at radius 3 is 0.471 bits per heavy atom. The van der Waals surface area contributed by atoms with Gasteiger partial charge in [-0.1, -0.05) is 118 Å². The number of hydrogen-bond acceptors (Lipinski definition) is 4. The van der Waals surface area contributed by atoms with Crippen molar-refractivity contribution in [3.05, 3.63) is 264 Å². The largest absolute Gasteiger partial charge is 0.311 e. The number of rotatable bonds is 12. The summed E-state index contributed by atoms with van der Waals surface area (Å²) in [7, 11) is 0. The second-order valence-corrected chi connectivity index (χ2v) is 18.1. The van der Waals surface area contributed by atoms with Crippen molar-refractivity contribution in [1.82, 2.24) is 0 Å². The molecule has 0 N–H and O–H groups in total. The maximum Gasteiger partial charge on any atom is 0.0468 e. The topological polar surface area (TPSA) is 13.0 Å². The third-order valence-corrected chi connectivity index (χ3v) is 12.8. The van der Waals surface area contributed by atoms with Crippen LogP contribution in [0, 0.1) is 41.5 Å². The van der Waals surface area contributed by atoms with Crippen molar-refractivity contribution in [2.75, 3.05) is 19.6 Å². The van der Waals surface area contributed by atoms with Crippen molar-refractivity contribution in [2.45, 2.75) is 41.5 Å². The second-order valence-electron chi connectivity index (χ2n) is 18.1. The molecule has 0 aliphatic carbocycles. The number of hydrogen-bond donors (Lipinski definition) is 0. The Morgan fingerprint density at radius 2 is 0.294 bits per heavy atom. The molecule has 0 bridgehead atoms. The predicted molar refractivity (Wildman–Crippen MR) is 291 cm³/mol. The fraction of sp³-hybridized carbons (Fsp3) is 0.0938. The van der Waals surface area contributed by atoms with Crippen molar-refractivity contribution >= 4 is 79.0 Å². The van der Waals surface area contributed by atoms with Gasteiger partial charge < -0.3 is 19.6 Å². The van der Waals surface area contributed by atoms with Crippen LogP contribution < -0.4 is 19.6 Å². The second kappa shape index (κ2) is 18.9. The molecule has 0 aliphatic heterocycles. The highest BCUT2D eigenvalue weighted by Gasteiger charge is 2.19. The van der Waals surface area contributed by atoms with E-state index < -0.39 is 0 Å². The summed E-state index contributed by atoms with van der Waals surface area (Å²) < 4.78 is 0. The van der Waals surface area contributed by atoms with E-state index in [1.807, 2.05) is 0 Å².